The van der Waals surface area contributed by atoms with E-state index in [-0.39, 0.29) is 0 Å². The third kappa shape index (κ3) is 6.06. The molecule has 0 amide bonds. The number of nitrogens with zero attached hydrogens (tertiary/aromatic N) is 1. The van der Waals surface area contributed by atoms with Gasteiger partial charge in [-0.1, -0.05) is 6.92 Å². The second kappa shape index (κ2) is 8.15. The Hall–Kier alpha value is 0.180. The first-order chi connectivity index (χ1) is 10.0. The van der Waals surface area contributed by atoms with E-state index in [1.165, 1.54) is 12.8 Å². The zero-order valence-corrected chi connectivity index (χ0v) is 14.8. The van der Waals surface area contributed by atoms with Crippen LogP contribution in [0.25, 0.3) is 0 Å². The second-order valence-corrected chi connectivity index (χ2v) is 9.31. The Balaban J connectivity index is 1.75. The molecule has 1 saturated heterocycles. The van der Waals surface area contributed by atoms with E-state index in [1.54, 1.807) is 16.1 Å². The maximum Gasteiger partial charge on any atom is 0.279 e. The molecule has 1 heterocycles. The van der Waals surface area contributed by atoms with Crippen molar-refractivity contribution in [1.29, 1.82) is 0 Å². The van der Waals surface area contributed by atoms with Crippen molar-refractivity contribution in [3.8, 4) is 0 Å². The molecule has 0 spiro atoms. The minimum atomic E-state index is -3.30. The highest BCUT2D eigenvalue weighted by Crippen LogP contribution is 2.22. The molecule has 1 saturated carbocycles. The molecule has 2 aliphatic rings. The Labute approximate surface area is 133 Å². The molecule has 0 aromatic rings. The molecule has 2 rings (SSSR count). The largest absolute Gasteiger partial charge is 0.314 e. The number of nitrogens with one attached hydrogen (secondary N) is 2. The molecule has 124 valence electrons. The van der Waals surface area contributed by atoms with Crippen molar-refractivity contribution < 1.29 is 8.42 Å². The van der Waals surface area contributed by atoms with Crippen LogP contribution in [0, 0.1) is 5.92 Å². The summed E-state index contributed by atoms with van der Waals surface area (Å²) < 4.78 is 29.1. The van der Waals surface area contributed by atoms with Crippen molar-refractivity contribution >= 4 is 22.0 Å². The van der Waals surface area contributed by atoms with Gasteiger partial charge in [-0.2, -0.15) is 24.5 Å². The smallest absolute Gasteiger partial charge is 0.279 e. The van der Waals surface area contributed by atoms with Crippen LogP contribution in [0.5, 0.6) is 0 Å². The van der Waals surface area contributed by atoms with Crippen molar-refractivity contribution in [1.82, 2.24) is 14.3 Å². The normalized spacial score (nSPS) is 25.9. The lowest BCUT2D eigenvalue weighted by atomic mass is 10.00. The average molecular weight is 336 g/mol. The van der Waals surface area contributed by atoms with Crippen molar-refractivity contribution in [3.05, 3.63) is 0 Å². The van der Waals surface area contributed by atoms with E-state index in [0.717, 1.165) is 25.8 Å². The maximum absolute atomic E-state index is 12.3. The molecule has 0 bridgehead atoms. The minimum Gasteiger partial charge on any atom is -0.314 e. The Bertz CT molecular complexity index is 412. The molecule has 2 unspecified atom stereocenters. The van der Waals surface area contributed by atoms with Crippen molar-refractivity contribution in [3.63, 3.8) is 0 Å². The van der Waals surface area contributed by atoms with E-state index in [0.29, 0.717) is 36.8 Å². The fourth-order valence-electron chi connectivity index (χ4n) is 2.63. The third-order valence-electron chi connectivity index (χ3n) is 4.33. The zero-order valence-electron chi connectivity index (χ0n) is 13.2. The summed E-state index contributed by atoms with van der Waals surface area (Å²) in [6.07, 6.45) is 7.60. The summed E-state index contributed by atoms with van der Waals surface area (Å²) in [4.78, 5) is 0. The van der Waals surface area contributed by atoms with Gasteiger partial charge in [-0.3, -0.25) is 0 Å². The lowest BCUT2D eigenvalue weighted by molar-refractivity contribution is 0.257. The number of hydrogen-bond acceptors (Lipinski definition) is 4. The Morgan fingerprint density at radius 3 is 2.76 bits per heavy atom. The van der Waals surface area contributed by atoms with Gasteiger partial charge in [-0.25, -0.2) is 4.72 Å². The second-order valence-electron chi connectivity index (χ2n) is 6.28. The van der Waals surface area contributed by atoms with Gasteiger partial charge in [0.25, 0.3) is 10.2 Å². The van der Waals surface area contributed by atoms with E-state index < -0.39 is 10.2 Å². The highest BCUT2D eigenvalue weighted by molar-refractivity contribution is 7.99. The Morgan fingerprint density at radius 1 is 1.33 bits per heavy atom. The number of piperidine rings is 1. The predicted octanol–water partition coefficient (Wildman–Crippen LogP) is 1.43. The van der Waals surface area contributed by atoms with E-state index in [2.05, 4.69) is 23.2 Å². The number of thioether (sulfide) groups is 1. The van der Waals surface area contributed by atoms with Crippen LogP contribution in [0.1, 0.15) is 39.0 Å². The fraction of sp³-hybridized carbons (Fsp3) is 1.00. The third-order valence-corrected chi connectivity index (χ3v) is 6.95. The van der Waals surface area contributed by atoms with Gasteiger partial charge in [-0.05, 0) is 50.8 Å². The molecule has 21 heavy (non-hydrogen) atoms. The van der Waals surface area contributed by atoms with Crippen molar-refractivity contribution in [2.24, 2.45) is 5.92 Å². The molecule has 1 aliphatic carbocycles. The highest BCUT2D eigenvalue weighted by Gasteiger charge is 2.29. The SMILES string of the molecule is CSC(C)CCNS(=O)(=O)N1CCCC(CNC2CC2)C1. The highest BCUT2D eigenvalue weighted by atomic mass is 32.2. The van der Waals surface area contributed by atoms with Crippen molar-refractivity contribution in [2.45, 2.75) is 50.3 Å². The lowest BCUT2D eigenvalue weighted by Gasteiger charge is -2.32. The Morgan fingerprint density at radius 2 is 2.10 bits per heavy atom. The molecule has 0 radical (unpaired) electrons. The van der Waals surface area contributed by atoms with E-state index in [4.69, 9.17) is 0 Å². The molecular weight excluding hydrogens is 306 g/mol. The summed E-state index contributed by atoms with van der Waals surface area (Å²) in [6.45, 7) is 4.94. The molecule has 0 aromatic heterocycles. The quantitative estimate of drug-likeness (QED) is 0.669. The van der Waals surface area contributed by atoms with Gasteiger partial charge in [0.15, 0.2) is 0 Å². The van der Waals surface area contributed by atoms with Crippen LogP contribution < -0.4 is 10.0 Å². The molecule has 5 nitrogen and oxygen atoms in total. The van der Waals surface area contributed by atoms with E-state index in [9.17, 15) is 8.42 Å². The summed E-state index contributed by atoms with van der Waals surface area (Å²) in [5, 5.41) is 4.01. The molecule has 2 N–H and O–H groups in total. The molecular formula is C14H29N3O2S2. The van der Waals surface area contributed by atoms with E-state index >= 15 is 0 Å². The topological polar surface area (TPSA) is 61.4 Å². The van der Waals surface area contributed by atoms with Crippen LogP contribution in [-0.2, 0) is 10.2 Å². The fourth-order valence-corrected chi connectivity index (χ4v) is 4.32. The lowest BCUT2D eigenvalue weighted by Crippen LogP contribution is -2.48. The van der Waals surface area contributed by atoms with Crippen LogP contribution in [0.15, 0.2) is 0 Å². The first-order valence-corrected chi connectivity index (χ1v) is 10.7. The average Bonchev–Trinajstić information content (AvgIpc) is 3.29. The first kappa shape index (κ1) is 17.5. The molecule has 0 aromatic carbocycles. The predicted molar refractivity (Wildman–Crippen MR) is 89.8 cm³/mol. The zero-order chi connectivity index (χ0) is 15.3. The van der Waals surface area contributed by atoms with Gasteiger partial charge < -0.3 is 5.32 Å². The molecule has 2 atom stereocenters. The molecule has 1 aliphatic heterocycles. The minimum absolute atomic E-state index is 0.459. The Kier molecular flexibility index (Phi) is 6.80. The van der Waals surface area contributed by atoms with Gasteiger partial charge in [0.2, 0.25) is 0 Å². The van der Waals surface area contributed by atoms with Gasteiger partial charge in [0.1, 0.15) is 0 Å². The van der Waals surface area contributed by atoms with Gasteiger partial charge in [0.05, 0.1) is 0 Å². The number of rotatable bonds is 9. The summed E-state index contributed by atoms with van der Waals surface area (Å²) in [6, 6.07) is 0.697. The summed E-state index contributed by atoms with van der Waals surface area (Å²) in [5.74, 6) is 0.459. The number of hydrogen-bond donors (Lipinski definition) is 2. The van der Waals surface area contributed by atoms with Crippen LogP contribution in [0.2, 0.25) is 0 Å². The molecule has 2 fully saturated rings. The summed E-state index contributed by atoms with van der Waals surface area (Å²) in [5.41, 5.74) is 0. The monoisotopic (exact) mass is 335 g/mol. The van der Waals surface area contributed by atoms with Gasteiger partial charge in [-0.15, -0.1) is 0 Å². The van der Waals surface area contributed by atoms with Crippen LogP contribution in [-0.4, -0.2) is 56.4 Å². The maximum atomic E-state index is 12.3. The van der Waals surface area contributed by atoms with E-state index in [1.807, 2.05) is 0 Å². The molecule has 7 heteroatoms. The van der Waals surface area contributed by atoms with Crippen LogP contribution >= 0.6 is 11.8 Å². The van der Waals surface area contributed by atoms with Crippen LogP contribution in [0.3, 0.4) is 0 Å². The van der Waals surface area contributed by atoms with Crippen LogP contribution in [0.4, 0.5) is 0 Å². The van der Waals surface area contributed by atoms with Crippen molar-refractivity contribution in [2.75, 3.05) is 32.4 Å². The van der Waals surface area contributed by atoms with Gasteiger partial charge >= 0.3 is 0 Å². The summed E-state index contributed by atoms with van der Waals surface area (Å²) >= 11 is 1.77. The summed E-state index contributed by atoms with van der Waals surface area (Å²) in [7, 11) is -3.30. The standard InChI is InChI=1S/C14H29N3O2S2/c1-12(20-2)7-8-16-21(18,19)17-9-3-4-13(11-17)10-15-14-5-6-14/h12-16H,3-11H2,1-2H3. The van der Waals surface area contributed by atoms with Gasteiger partial charge in [0, 0.05) is 30.9 Å². The first-order valence-electron chi connectivity index (χ1n) is 8.02.